The number of nitrogens with one attached hydrogen (secondary N) is 1. The van der Waals surface area contributed by atoms with E-state index in [1.54, 1.807) is 11.8 Å². The zero-order chi connectivity index (χ0) is 12.8. The first kappa shape index (κ1) is 13.1. The number of hydrogen-bond acceptors (Lipinski definition) is 5. The maximum absolute atomic E-state index is 5.85. The largest absolute Gasteiger partial charge is 0.354 e. The first-order chi connectivity index (χ1) is 8.78. The van der Waals surface area contributed by atoms with Crippen molar-refractivity contribution in [3.05, 3.63) is 41.2 Å². The summed E-state index contributed by atoms with van der Waals surface area (Å²) in [6, 6.07) is 10.2. The molecule has 2 rings (SSSR count). The Hall–Kier alpha value is -1.33. The van der Waals surface area contributed by atoms with Crippen LogP contribution in [-0.2, 0) is 5.75 Å². The van der Waals surface area contributed by atoms with Crippen LogP contribution in [0.3, 0.4) is 0 Å². The lowest BCUT2D eigenvalue weighted by Crippen LogP contribution is -2.04. The molecular formula is C12H13ClN4S. The van der Waals surface area contributed by atoms with Crippen LogP contribution in [0, 0.1) is 0 Å². The van der Waals surface area contributed by atoms with Crippen LogP contribution < -0.4 is 5.32 Å². The molecule has 94 valence electrons. The van der Waals surface area contributed by atoms with Crippen molar-refractivity contribution in [2.75, 3.05) is 11.9 Å². The van der Waals surface area contributed by atoms with Crippen molar-refractivity contribution in [3.8, 4) is 0 Å². The summed E-state index contributed by atoms with van der Waals surface area (Å²) in [5, 5.41) is 3.88. The molecule has 1 heterocycles. The molecular weight excluding hydrogens is 268 g/mol. The highest BCUT2D eigenvalue weighted by Crippen LogP contribution is 2.21. The van der Waals surface area contributed by atoms with Crippen molar-refractivity contribution < 1.29 is 0 Å². The molecule has 0 saturated carbocycles. The minimum Gasteiger partial charge on any atom is -0.354 e. The van der Waals surface area contributed by atoms with Gasteiger partial charge in [0.05, 0.1) is 0 Å². The van der Waals surface area contributed by atoms with E-state index in [0.717, 1.165) is 12.3 Å². The summed E-state index contributed by atoms with van der Waals surface area (Å²) >= 11 is 7.39. The number of thioether (sulfide) groups is 1. The van der Waals surface area contributed by atoms with Gasteiger partial charge in [-0.25, -0.2) is 0 Å². The summed E-state index contributed by atoms with van der Waals surface area (Å²) in [4.78, 5) is 12.4. The van der Waals surface area contributed by atoms with Crippen LogP contribution in [0.5, 0.6) is 0 Å². The molecule has 0 aliphatic rings. The molecule has 0 bridgehead atoms. The zero-order valence-electron chi connectivity index (χ0n) is 9.93. The van der Waals surface area contributed by atoms with Crippen LogP contribution >= 0.6 is 23.4 Å². The summed E-state index contributed by atoms with van der Waals surface area (Å²) in [7, 11) is 0. The molecule has 0 atom stereocenters. The van der Waals surface area contributed by atoms with Gasteiger partial charge in [-0.3, -0.25) is 0 Å². The van der Waals surface area contributed by atoms with Crippen LogP contribution in [0.25, 0.3) is 0 Å². The van der Waals surface area contributed by atoms with Gasteiger partial charge in [-0.1, -0.05) is 42.1 Å². The highest BCUT2D eigenvalue weighted by molar-refractivity contribution is 7.98. The van der Waals surface area contributed by atoms with Crippen molar-refractivity contribution in [2.24, 2.45) is 0 Å². The van der Waals surface area contributed by atoms with E-state index in [4.69, 9.17) is 11.6 Å². The van der Waals surface area contributed by atoms with Crippen molar-refractivity contribution in [3.63, 3.8) is 0 Å². The molecule has 0 saturated heterocycles. The second-order valence-corrected chi connectivity index (χ2v) is 4.80. The SMILES string of the molecule is CCNc1nc(Cl)nc(SCc2ccccc2)n1. The molecule has 0 unspecified atom stereocenters. The van der Waals surface area contributed by atoms with Gasteiger partial charge in [0.15, 0.2) is 5.16 Å². The molecule has 0 radical (unpaired) electrons. The quantitative estimate of drug-likeness (QED) is 0.852. The Morgan fingerprint density at radius 2 is 1.94 bits per heavy atom. The lowest BCUT2D eigenvalue weighted by Gasteiger charge is -2.04. The van der Waals surface area contributed by atoms with Gasteiger partial charge >= 0.3 is 0 Å². The van der Waals surface area contributed by atoms with Crippen LogP contribution in [0.4, 0.5) is 5.95 Å². The van der Waals surface area contributed by atoms with Crippen molar-refractivity contribution in [1.29, 1.82) is 0 Å². The first-order valence-corrected chi connectivity index (χ1v) is 6.96. The third-order valence-electron chi connectivity index (χ3n) is 2.13. The standard InChI is InChI=1S/C12H13ClN4S/c1-2-14-11-15-10(13)16-12(17-11)18-8-9-6-4-3-5-7-9/h3-7H,2,8H2,1H3,(H,14,15,16,17). The van der Waals surface area contributed by atoms with Crippen LogP contribution in [-0.4, -0.2) is 21.5 Å². The number of anilines is 1. The van der Waals surface area contributed by atoms with Gasteiger partial charge in [0.2, 0.25) is 11.2 Å². The van der Waals surface area contributed by atoms with E-state index in [2.05, 4.69) is 32.4 Å². The Morgan fingerprint density at radius 3 is 2.67 bits per heavy atom. The highest BCUT2D eigenvalue weighted by atomic mass is 35.5. The monoisotopic (exact) mass is 280 g/mol. The number of benzene rings is 1. The summed E-state index contributed by atoms with van der Waals surface area (Å²) < 4.78 is 0. The molecule has 0 spiro atoms. The Labute approximate surface area is 115 Å². The van der Waals surface area contributed by atoms with Crippen molar-refractivity contribution >= 4 is 29.3 Å². The van der Waals surface area contributed by atoms with E-state index >= 15 is 0 Å². The summed E-state index contributed by atoms with van der Waals surface area (Å²) in [6.07, 6.45) is 0. The fourth-order valence-electron chi connectivity index (χ4n) is 1.36. The molecule has 0 amide bonds. The predicted octanol–water partition coefficient (Wildman–Crippen LogP) is 3.25. The van der Waals surface area contributed by atoms with E-state index in [0.29, 0.717) is 11.1 Å². The van der Waals surface area contributed by atoms with Crippen molar-refractivity contribution in [1.82, 2.24) is 15.0 Å². The molecule has 18 heavy (non-hydrogen) atoms. The van der Waals surface area contributed by atoms with Gasteiger partial charge in [-0.2, -0.15) is 15.0 Å². The van der Waals surface area contributed by atoms with Crippen LogP contribution in [0.1, 0.15) is 12.5 Å². The topological polar surface area (TPSA) is 50.7 Å². The van der Waals surface area contributed by atoms with Gasteiger partial charge in [-0.05, 0) is 24.1 Å². The Bertz CT molecular complexity index is 507. The molecule has 2 aromatic rings. The first-order valence-electron chi connectivity index (χ1n) is 5.60. The fraction of sp³-hybridized carbons (Fsp3) is 0.250. The average Bonchev–Trinajstić information content (AvgIpc) is 2.37. The van der Waals surface area contributed by atoms with E-state index < -0.39 is 0 Å². The highest BCUT2D eigenvalue weighted by Gasteiger charge is 2.05. The molecule has 4 nitrogen and oxygen atoms in total. The minimum absolute atomic E-state index is 0.219. The molecule has 1 aromatic carbocycles. The molecule has 1 aromatic heterocycles. The minimum atomic E-state index is 0.219. The van der Waals surface area contributed by atoms with Gasteiger partial charge in [0.25, 0.3) is 0 Å². The molecule has 0 aliphatic heterocycles. The number of nitrogens with zero attached hydrogens (tertiary/aromatic N) is 3. The van der Waals surface area contributed by atoms with Crippen LogP contribution in [0.15, 0.2) is 35.5 Å². The lowest BCUT2D eigenvalue weighted by atomic mass is 10.2. The molecule has 0 fully saturated rings. The molecule has 0 aliphatic carbocycles. The second-order valence-electron chi connectivity index (χ2n) is 3.52. The van der Waals surface area contributed by atoms with Gasteiger partial charge in [0.1, 0.15) is 0 Å². The molecule has 6 heteroatoms. The lowest BCUT2D eigenvalue weighted by molar-refractivity contribution is 0.898. The predicted molar refractivity (Wildman–Crippen MR) is 75.0 cm³/mol. The second kappa shape index (κ2) is 6.56. The Morgan fingerprint density at radius 1 is 1.17 bits per heavy atom. The van der Waals surface area contributed by atoms with E-state index in [1.165, 1.54) is 5.56 Å². The fourth-order valence-corrected chi connectivity index (χ4v) is 2.36. The molecule has 1 N–H and O–H groups in total. The Kier molecular flexibility index (Phi) is 4.78. The number of hydrogen-bond donors (Lipinski definition) is 1. The Balaban J connectivity index is 2.05. The number of aromatic nitrogens is 3. The summed E-state index contributed by atoms with van der Waals surface area (Å²) in [5.74, 6) is 1.33. The van der Waals surface area contributed by atoms with Gasteiger partial charge < -0.3 is 5.32 Å². The van der Waals surface area contributed by atoms with Gasteiger partial charge in [-0.15, -0.1) is 0 Å². The summed E-state index contributed by atoms with van der Waals surface area (Å²) in [6.45, 7) is 2.73. The zero-order valence-corrected chi connectivity index (χ0v) is 11.5. The third-order valence-corrected chi connectivity index (χ3v) is 3.22. The maximum Gasteiger partial charge on any atom is 0.228 e. The smallest absolute Gasteiger partial charge is 0.228 e. The summed E-state index contributed by atoms with van der Waals surface area (Å²) in [5.41, 5.74) is 1.23. The number of halogens is 1. The van der Waals surface area contributed by atoms with Crippen LogP contribution in [0.2, 0.25) is 5.28 Å². The van der Waals surface area contributed by atoms with Gasteiger partial charge in [0, 0.05) is 12.3 Å². The van der Waals surface area contributed by atoms with E-state index in [-0.39, 0.29) is 5.28 Å². The number of rotatable bonds is 5. The third kappa shape index (κ3) is 3.85. The normalized spacial score (nSPS) is 10.3. The van der Waals surface area contributed by atoms with E-state index in [1.807, 2.05) is 25.1 Å². The maximum atomic E-state index is 5.85. The van der Waals surface area contributed by atoms with Crippen molar-refractivity contribution in [2.45, 2.75) is 17.8 Å². The van der Waals surface area contributed by atoms with E-state index in [9.17, 15) is 0 Å². The average molecular weight is 281 g/mol.